The molecule has 0 radical (unpaired) electrons. The highest BCUT2D eigenvalue weighted by molar-refractivity contribution is 9.10. The first kappa shape index (κ1) is 16.2. The van der Waals surface area contributed by atoms with Crippen LogP contribution in [0.2, 0.25) is 0 Å². The molecule has 0 aliphatic rings. The van der Waals surface area contributed by atoms with Gasteiger partial charge in [0.25, 0.3) is 0 Å². The van der Waals surface area contributed by atoms with Crippen molar-refractivity contribution < 1.29 is 4.79 Å². The van der Waals surface area contributed by atoms with Gasteiger partial charge >= 0.3 is 0 Å². The zero-order valence-corrected chi connectivity index (χ0v) is 13.5. The molecule has 1 amide bonds. The van der Waals surface area contributed by atoms with Gasteiger partial charge in [0.2, 0.25) is 5.91 Å². The number of rotatable bonds is 6. The van der Waals surface area contributed by atoms with Crippen LogP contribution in [0.15, 0.2) is 28.7 Å². The van der Waals surface area contributed by atoms with E-state index in [1.807, 2.05) is 31.3 Å². The minimum atomic E-state index is 0.128. The molecule has 0 fully saturated rings. The lowest BCUT2D eigenvalue weighted by molar-refractivity contribution is -0.129. The monoisotopic (exact) mass is 326 g/mol. The second-order valence-electron chi connectivity index (χ2n) is 5.28. The van der Waals surface area contributed by atoms with Gasteiger partial charge < -0.3 is 10.6 Å². The van der Waals surface area contributed by atoms with E-state index < -0.39 is 0 Å². The smallest absolute Gasteiger partial charge is 0.226 e. The lowest BCUT2D eigenvalue weighted by atomic mass is 10.0. The Morgan fingerprint density at radius 2 is 2.00 bits per heavy atom. The Morgan fingerprint density at radius 1 is 1.37 bits per heavy atom. The van der Waals surface area contributed by atoms with Crippen LogP contribution in [0.1, 0.15) is 25.8 Å². The molecule has 0 heterocycles. The standard InChI is InChI=1S/C15H23BrN2O/c1-11(2)14(17)8-9-18(3)15(19)10-12-6-4-5-7-13(12)16/h4-7,11,14H,8-10,17H2,1-3H3. The molecule has 0 bridgehead atoms. The summed E-state index contributed by atoms with van der Waals surface area (Å²) < 4.78 is 0.982. The van der Waals surface area contributed by atoms with Gasteiger partial charge in [0.05, 0.1) is 6.42 Å². The number of hydrogen-bond donors (Lipinski definition) is 1. The van der Waals surface area contributed by atoms with Crippen molar-refractivity contribution in [2.45, 2.75) is 32.7 Å². The number of halogens is 1. The van der Waals surface area contributed by atoms with Crippen LogP contribution in [0.5, 0.6) is 0 Å². The van der Waals surface area contributed by atoms with E-state index in [-0.39, 0.29) is 11.9 Å². The van der Waals surface area contributed by atoms with E-state index in [1.165, 1.54) is 0 Å². The van der Waals surface area contributed by atoms with Gasteiger partial charge in [-0.2, -0.15) is 0 Å². The van der Waals surface area contributed by atoms with Crippen molar-refractivity contribution in [1.82, 2.24) is 4.90 Å². The lowest BCUT2D eigenvalue weighted by Crippen LogP contribution is -2.35. The molecular formula is C15H23BrN2O. The Hall–Kier alpha value is -0.870. The zero-order chi connectivity index (χ0) is 14.4. The Kier molecular flexibility index (Phi) is 6.52. The molecule has 106 valence electrons. The molecular weight excluding hydrogens is 304 g/mol. The second-order valence-corrected chi connectivity index (χ2v) is 6.13. The number of likely N-dealkylation sites (N-methyl/N-ethyl adjacent to an activating group) is 1. The summed E-state index contributed by atoms with van der Waals surface area (Å²) in [6.07, 6.45) is 1.27. The normalized spacial score (nSPS) is 12.5. The van der Waals surface area contributed by atoms with E-state index in [2.05, 4.69) is 29.8 Å². The maximum Gasteiger partial charge on any atom is 0.226 e. The maximum absolute atomic E-state index is 12.1. The van der Waals surface area contributed by atoms with E-state index in [0.717, 1.165) is 16.5 Å². The van der Waals surface area contributed by atoms with Crippen LogP contribution in [0, 0.1) is 5.92 Å². The van der Waals surface area contributed by atoms with Crippen LogP contribution in [-0.4, -0.2) is 30.4 Å². The van der Waals surface area contributed by atoms with Gasteiger partial charge in [0.15, 0.2) is 0 Å². The first-order valence-corrected chi connectivity index (χ1v) is 7.44. The molecule has 1 unspecified atom stereocenters. The van der Waals surface area contributed by atoms with Crippen LogP contribution in [0.25, 0.3) is 0 Å². The molecule has 19 heavy (non-hydrogen) atoms. The van der Waals surface area contributed by atoms with Crippen LogP contribution < -0.4 is 5.73 Å². The highest BCUT2D eigenvalue weighted by atomic mass is 79.9. The summed E-state index contributed by atoms with van der Waals surface area (Å²) >= 11 is 3.46. The van der Waals surface area contributed by atoms with Gasteiger partial charge in [0.1, 0.15) is 0 Å². The van der Waals surface area contributed by atoms with Crippen LogP contribution >= 0.6 is 15.9 Å². The molecule has 4 heteroatoms. The van der Waals surface area contributed by atoms with Gasteiger partial charge in [-0.3, -0.25) is 4.79 Å². The predicted octanol–water partition coefficient (Wildman–Crippen LogP) is 2.82. The third kappa shape index (κ3) is 5.33. The van der Waals surface area contributed by atoms with Crippen LogP contribution in [-0.2, 0) is 11.2 Å². The molecule has 0 saturated heterocycles. The number of nitrogens with two attached hydrogens (primary N) is 1. The van der Waals surface area contributed by atoms with Gasteiger partial charge in [-0.25, -0.2) is 0 Å². The van der Waals surface area contributed by atoms with Crippen molar-refractivity contribution >= 4 is 21.8 Å². The Morgan fingerprint density at radius 3 is 2.58 bits per heavy atom. The van der Waals surface area contributed by atoms with Gasteiger partial charge in [-0.15, -0.1) is 0 Å². The number of benzene rings is 1. The molecule has 0 aliphatic heterocycles. The Labute approximate surface area is 124 Å². The van der Waals surface area contributed by atoms with Crippen molar-refractivity contribution in [3.8, 4) is 0 Å². The molecule has 0 saturated carbocycles. The zero-order valence-electron chi connectivity index (χ0n) is 11.9. The predicted molar refractivity (Wildman–Crippen MR) is 82.9 cm³/mol. The van der Waals surface area contributed by atoms with E-state index in [0.29, 0.717) is 18.9 Å². The van der Waals surface area contributed by atoms with E-state index >= 15 is 0 Å². The lowest BCUT2D eigenvalue weighted by Gasteiger charge is -2.21. The fourth-order valence-electron chi connectivity index (χ4n) is 1.74. The van der Waals surface area contributed by atoms with Crippen molar-refractivity contribution in [3.05, 3.63) is 34.3 Å². The SMILES string of the molecule is CC(C)C(N)CCN(C)C(=O)Cc1ccccc1Br. The molecule has 0 spiro atoms. The summed E-state index contributed by atoms with van der Waals surface area (Å²) in [5.74, 6) is 0.578. The second kappa shape index (κ2) is 7.65. The first-order valence-electron chi connectivity index (χ1n) is 6.64. The third-order valence-corrected chi connectivity index (χ3v) is 4.15. The van der Waals surface area contributed by atoms with Crippen LogP contribution in [0.3, 0.4) is 0 Å². The van der Waals surface area contributed by atoms with Gasteiger partial charge in [-0.1, -0.05) is 48.0 Å². The number of amides is 1. The number of nitrogens with zero attached hydrogens (tertiary/aromatic N) is 1. The number of hydrogen-bond acceptors (Lipinski definition) is 2. The minimum Gasteiger partial charge on any atom is -0.345 e. The maximum atomic E-state index is 12.1. The minimum absolute atomic E-state index is 0.128. The summed E-state index contributed by atoms with van der Waals surface area (Å²) in [5.41, 5.74) is 7.02. The highest BCUT2D eigenvalue weighted by Gasteiger charge is 2.14. The molecule has 3 nitrogen and oxygen atoms in total. The van der Waals surface area contributed by atoms with Gasteiger partial charge in [0, 0.05) is 24.1 Å². The van der Waals surface area contributed by atoms with Gasteiger partial charge in [-0.05, 0) is 24.0 Å². The number of carbonyl (C=O) groups excluding carboxylic acids is 1. The largest absolute Gasteiger partial charge is 0.345 e. The fourth-order valence-corrected chi connectivity index (χ4v) is 2.17. The average Bonchev–Trinajstić information content (AvgIpc) is 2.37. The molecule has 0 aromatic heterocycles. The summed E-state index contributed by atoms with van der Waals surface area (Å²) in [6.45, 7) is 4.92. The van der Waals surface area contributed by atoms with Crippen molar-refractivity contribution in [2.24, 2.45) is 11.7 Å². The van der Waals surface area contributed by atoms with Crippen molar-refractivity contribution in [3.63, 3.8) is 0 Å². The molecule has 0 aliphatic carbocycles. The Bertz CT molecular complexity index is 420. The number of carbonyl (C=O) groups is 1. The van der Waals surface area contributed by atoms with E-state index in [1.54, 1.807) is 4.90 Å². The molecule has 2 N–H and O–H groups in total. The molecule has 1 rings (SSSR count). The Balaban J connectivity index is 2.47. The molecule has 1 aromatic carbocycles. The van der Waals surface area contributed by atoms with Crippen molar-refractivity contribution in [1.29, 1.82) is 0 Å². The molecule has 1 aromatic rings. The third-order valence-electron chi connectivity index (χ3n) is 3.38. The highest BCUT2D eigenvalue weighted by Crippen LogP contribution is 2.17. The summed E-state index contributed by atoms with van der Waals surface area (Å²) in [4.78, 5) is 13.9. The summed E-state index contributed by atoms with van der Waals surface area (Å²) in [5, 5.41) is 0. The van der Waals surface area contributed by atoms with Crippen LogP contribution in [0.4, 0.5) is 0 Å². The van der Waals surface area contributed by atoms with E-state index in [9.17, 15) is 4.79 Å². The average molecular weight is 327 g/mol. The summed E-state index contributed by atoms with van der Waals surface area (Å²) in [7, 11) is 1.84. The van der Waals surface area contributed by atoms with Crippen molar-refractivity contribution in [2.75, 3.05) is 13.6 Å². The molecule has 1 atom stereocenters. The topological polar surface area (TPSA) is 46.3 Å². The van der Waals surface area contributed by atoms with E-state index in [4.69, 9.17) is 5.73 Å². The fraction of sp³-hybridized carbons (Fsp3) is 0.533. The quantitative estimate of drug-likeness (QED) is 0.873. The first-order chi connectivity index (χ1) is 8.91. The summed E-state index contributed by atoms with van der Waals surface area (Å²) in [6, 6.07) is 7.97.